The number of ether oxygens (including phenoxy) is 6. The summed E-state index contributed by atoms with van der Waals surface area (Å²) in [5.41, 5.74) is 4.02. The molecule has 0 bridgehead atoms. The highest BCUT2D eigenvalue weighted by Crippen LogP contribution is 2.27. The van der Waals surface area contributed by atoms with E-state index in [2.05, 4.69) is 53.1 Å². The zero-order valence-electron chi connectivity index (χ0n) is 24.1. The fourth-order valence-corrected chi connectivity index (χ4v) is 2.84. The zero-order valence-corrected chi connectivity index (χ0v) is 28.8. The summed E-state index contributed by atoms with van der Waals surface area (Å²) in [5, 5.41) is 2.66. The number of esters is 3. The summed E-state index contributed by atoms with van der Waals surface area (Å²) in [6.07, 6.45) is 0. The number of nitrogens with two attached hydrogens (primary N) is 1. The van der Waals surface area contributed by atoms with E-state index in [0.717, 1.165) is 0 Å². The van der Waals surface area contributed by atoms with E-state index in [1.165, 1.54) is 0 Å². The van der Waals surface area contributed by atoms with Crippen molar-refractivity contribution in [3.63, 3.8) is 0 Å². The first-order chi connectivity index (χ1) is 18.3. The second kappa shape index (κ2) is 18.6. The minimum Gasteiger partial charge on any atom is -0.464 e. The van der Waals surface area contributed by atoms with Crippen molar-refractivity contribution in [1.29, 1.82) is 0 Å². The number of hydrogen-bond donors (Lipinski definition) is 2. The van der Waals surface area contributed by atoms with Crippen molar-refractivity contribution in [3.8, 4) is 0 Å². The molecule has 0 aromatic heterocycles. The third-order valence-electron chi connectivity index (χ3n) is 4.83. The van der Waals surface area contributed by atoms with Crippen LogP contribution in [0, 0.1) is 5.41 Å². The number of carbonyl (C=O) groups is 4. The molecule has 0 aliphatic rings. The second-order valence-electron chi connectivity index (χ2n) is 10.5. The Morgan fingerprint density at radius 3 is 1.40 bits per heavy atom. The first-order valence-electron chi connectivity index (χ1n) is 12.6. The Labute approximate surface area is 261 Å². The van der Waals surface area contributed by atoms with E-state index in [4.69, 9.17) is 34.2 Å². The van der Waals surface area contributed by atoms with Crippen LogP contribution in [-0.2, 0) is 47.6 Å². The van der Waals surface area contributed by atoms with Gasteiger partial charge in [0.1, 0.15) is 39.4 Å². The average molecular weight is 771 g/mol. The van der Waals surface area contributed by atoms with Gasteiger partial charge in [0.15, 0.2) is 0 Å². The van der Waals surface area contributed by atoms with Gasteiger partial charge in [0.2, 0.25) is 5.91 Å². The Bertz CT molecular complexity index is 734. The lowest BCUT2D eigenvalue weighted by atomic mass is 9.92. The van der Waals surface area contributed by atoms with Crippen LogP contribution in [-0.4, -0.2) is 109 Å². The van der Waals surface area contributed by atoms with Crippen LogP contribution in [0.2, 0.25) is 0 Å². The normalized spacial score (nSPS) is 12.6. The molecule has 0 saturated carbocycles. The maximum absolute atomic E-state index is 12.5. The Balaban J connectivity index is 5.39. The summed E-state index contributed by atoms with van der Waals surface area (Å²) in [5.74, 6) is -2.21. The lowest BCUT2D eigenvalue weighted by Crippen LogP contribution is -2.47. The van der Waals surface area contributed by atoms with E-state index in [9.17, 15) is 19.2 Å². The van der Waals surface area contributed by atoms with Gasteiger partial charge in [-0.15, -0.1) is 0 Å². The summed E-state index contributed by atoms with van der Waals surface area (Å²) < 4.78 is 29.7. The third kappa shape index (κ3) is 17.9. The Morgan fingerprint density at radius 1 is 0.625 bits per heavy atom. The summed E-state index contributed by atoms with van der Waals surface area (Å²) in [6, 6.07) is 0. The van der Waals surface area contributed by atoms with Gasteiger partial charge in [0, 0.05) is 13.1 Å². The van der Waals surface area contributed by atoms with Gasteiger partial charge < -0.3 is 39.5 Å². The lowest BCUT2D eigenvalue weighted by molar-refractivity contribution is -0.170. The molecule has 12 nitrogen and oxygen atoms in total. The maximum Gasteiger partial charge on any atom is 0.322 e. The molecule has 0 unspecified atom stereocenters. The Hall–Kier alpha value is -0.840. The fourth-order valence-electron chi connectivity index (χ4n) is 2.50. The molecule has 0 saturated heterocycles. The molecule has 3 N–H and O–H groups in total. The van der Waals surface area contributed by atoms with Gasteiger partial charge >= 0.3 is 17.9 Å². The number of rotatable bonds is 21. The average Bonchev–Trinajstić information content (AvgIpc) is 2.83. The molecule has 15 heteroatoms. The molecule has 0 atom stereocenters. The number of amides is 1. The summed E-state index contributed by atoms with van der Waals surface area (Å²) >= 11 is 9.74. The number of nitrogens with one attached hydrogen (secondary N) is 1. The monoisotopic (exact) mass is 768 g/mol. The van der Waals surface area contributed by atoms with Gasteiger partial charge in [-0.3, -0.25) is 19.2 Å². The second-order valence-corrected chi connectivity index (χ2v) is 16.4. The summed E-state index contributed by atoms with van der Waals surface area (Å²) in [7, 11) is 0. The highest BCUT2D eigenvalue weighted by molar-refractivity contribution is 9.10. The molecule has 40 heavy (non-hydrogen) atoms. The van der Waals surface area contributed by atoms with Gasteiger partial charge in [0.05, 0.1) is 38.4 Å². The molecular formula is C25H43Br3N2O10. The molecule has 0 aliphatic heterocycles. The van der Waals surface area contributed by atoms with Gasteiger partial charge in [-0.25, -0.2) is 0 Å². The van der Waals surface area contributed by atoms with Crippen molar-refractivity contribution in [3.05, 3.63) is 0 Å². The van der Waals surface area contributed by atoms with Gasteiger partial charge in [-0.1, -0.05) is 47.8 Å². The maximum atomic E-state index is 12.5. The van der Waals surface area contributed by atoms with Gasteiger partial charge in [-0.05, 0) is 41.5 Å². The fraction of sp³-hybridized carbons (Fsp3) is 0.840. The van der Waals surface area contributed by atoms with E-state index >= 15 is 0 Å². The molecule has 0 aromatic rings. The van der Waals surface area contributed by atoms with E-state index in [-0.39, 0.29) is 46.2 Å². The van der Waals surface area contributed by atoms with E-state index < -0.39 is 42.2 Å². The number of halogens is 3. The Kier molecular flexibility index (Phi) is 18.3. The highest BCUT2D eigenvalue weighted by atomic mass is 79.9. The van der Waals surface area contributed by atoms with E-state index in [1.807, 2.05) is 0 Å². The van der Waals surface area contributed by atoms with E-state index in [1.54, 1.807) is 41.5 Å². The van der Waals surface area contributed by atoms with Crippen LogP contribution >= 0.6 is 47.8 Å². The molecule has 0 heterocycles. The van der Waals surface area contributed by atoms with Crippen molar-refractivity contribution in [2.24, 2.45) is 11.1 Å². The van der Waals surface area contributed by atoms with Gasteiger partial charge in [0.25, 0.3) is 0 Å². The largest absolute Gasteiger partial charge is 0.464 e. The summed E-state index contributed by atoms with van der Waals surface area (Å²) in [6.45, 7) is 10.3. The zero-order chi connectivity index (χ0) is 31.0. The minimum absolute atomic E-state index is 0.239. The molecule has 234 valence electrons. The molecule has 0 rings (SSSR count). The molecule has 0 aromatic carbocycles. The molecule has 0 spiro atoms. The van der Waals surface area contributed by atoms with Gasteiger partial charge in [-0.2, -0.15) is 0 Å². The molecule has 0 fully saturated rings. The smallest absolute Gasteiger partial charge is 0.322 e. The quantitative estimate of drug-likeness (QED) is 0.0763. The van der Waals surface area contributed by atoms with Crippen molar-refractivity contribution in [1.82, 2.24) is 5.32 Å². The summed E-state index contributed by atoms with van der Waals surface area (Å²) in [4.78, 5) is 49.8. The Morgan fingerprint density at radius 2 is 1.02 bits per heavy atom. The molecule has 1 amide bonds. The van der Waals surface area contributed by atoms with Crippen LogP contribution in [0.3, 0.4) is 0 Å². The van der Waals surface area contributed by atoms with Crippen molar-refractivity contribution < 1.29 is 47.6 Å². The van der Waals surface area contributed by atoms with Crippen LogP contribution in [0.15, 0.2) is 0 Å². The van der Waals surface area contributed by atoms with Crippen LogP contribution in [0.4, 0.5) is 0 Å². The molecule has 0 radical (unpaired) electrons. The van der Waals surface area contributed by atoms with Crippen LogP contribution in [0.25, 0.3) is 0 Å². The van der Waals surface area contributed by atoms with Crippen molar-refractivity contribution in [2.75, 3.05) is 72.6 Å². The first kappa shape index (κ1) is 39.2. The van der Waals surface area contributed by atoms with Crippen molar-refractivity contribution in [2.45, 2.75) is 54.5 Å². The van der Waals surface area contributed by atoms with E-state index in [0.29, 0.717) is 26.4 Å². The SMILES string of the molecule is CC(C)(Br)C(=O)OCC(COCC(=O)NCCOCCOCCN)(COC(=O)C(C)(C)Br)COC(=O)C(C)(C)Br. The molecular weight excluding hydrogens is 728 g/mol. The van der Waals surface area contributed by atoms with Crippen molar-refractivity contribution >= 4 is 71.6 Å². The predicted molar refractivity (Wildman–Crippen MR) is 159 cm³/mol. The number of hydrogen-bond acceptors (Lipinski definition) is 11. The number of carbonyl (C=O) groups excluding carboxylic acids is 4. The predicted octanol–water partition coefficient (Wildman–Crippen LogP) is 2.25. The number of alkyl halides is 3. The topological polar surface area (TPSA) is 162 Å². The third-order valence-corrected chi connectivity index (χ3v) is 5.80. The van der Waals surface area contributed by atoms with Crippen LogP contribution in [0.5, 0.6) is 0 Å². The van der Waals surface area contributed by atoms with Crippen LogP contribution < -0.4 is 11.1 Å². The molecule has 0 aliphatic carbocycles. The highest BCUT2D eigenvalue weighted by Gasteiger charge is 2.40. The first-order valence-corrected chi connectivity index (χ1v) is 15.0. The van der Waals surface area contributed by atoms with Crippen LogP contribution in [0.1, 0.15) is 41.5 Å². The minimum atomic E-state index is -1.32. The lowest BCUT2D eigenvalue weighted by Gasteiger charge is -2.34. The standard InChI is InChI=1S/C25H43Br3N2O10/c1-22(2,26)19(32)38-15-25(16-39-20(33)23(3,4)27,17-40-21(34)24(5,6)28)14-37-13-18(31)30-8-10-36-12-11-35-9-7-29/h7-17,29H2,1-6H3,(H,30,31).